The number of rotatable bonds is 9. The van der Waals surface area contributed by atoms with Gasteiger partial charge in [0.1, 0.15) is 22.1 Å². The second-order valence-corrected chi connectivity index (χ2v) is 7.27. The molecule has 0 aliphatic rings. The summed E-state index contributed by atoms with van der Waals surface area (Å²) in [5.74, 6) is 0.248. The molecule has 0 saturated carbocycles. The summed E-state index contributed by atoms with van der Waals surface area (Å²) in [7, 11) is 2.87. The van der Waals surface area contributed by atoms with Gasteiger partial charge in [-0.1, -0.05) is 12.1 Å². The average molecular weight is 467 g/mol. The van der Waals surface area contributed by atoms with Crippen molar-refractivity contribution >= 4 is 17.9 Å². The number of hydrogen-bond donors (Lipinski definition) is 1. The van der Waals surface area contributed by atoms with Crippen molar-refractivity contribution < 1.29 is 32.2 Å². The standard InChI is InChI=1S/C21H20F3N3O4S/c1-29-16-5-3-6-17(31-13-21(22,23)24)19(16)32-26-20(28)14-7-8-15(18(11-14)30-2)12-27-10-4-9-25-27/h3-11H,12-13H2,1-2H3,(H,26,28). The topological polar surface area (TPSA) is 74.6 Å². The molecule has 0 atom stereocenters. The van der Waals surface area contributed by atoms with Crippen molar-refractivity contribution in [3.63, 3.8) is 0 Å². The van der Waals surface area contributed by atoms with Crippen molar-refractivity contribution in [3.8, 4) is 17.2 Å². The van der Waals surface area contributed by atoms with Gasteiger partial charge in [-0.2, -0.15) is 18.3 Å². The third-order valence-electron chi connectivity index (χ3n) is 4.24. The maximum absolute atomic E-state index is 12.7. The van der Waals surface area contributed by atoms with Crippen LogP contribution in [0.15, 0.2) is 59.8 Å². The minimum atomic E-state index is -4.50. The lowest BCUT2D eigenvalue weighted by molar-refractivity contribution is -0.153. The first-order valence-corrected chi connectivity index (χ1v) is 10.1. The van der Waals surface area contributed by atoms with Crippen LogP contribution in [-0.4, -0.2) is 42.7 Å². The number of ether oxygens (including phenoxy) is 3. The van der Waals surface area contributed by atoms with Crippen LogP contribution in [0.3, 0.4) is 0 Å². The fourth-order valence-corrected chi connectivity index (χ4v) is 3.56. The van der Waals surface area contributed by atoms with E-state index in [9.17, 15) is 18.0 Å². The summed E-state index contributed by atoms with van der Waals surface area (Å²) in [6.45, 7) is -0.996. The van der Waals surface area contributed by atoms with Crippen molar-refractivity contribution in [3.05, 3.63) is 66.0 Å². The second-order valence-electron chi connectivity index (χ2n) is 6.45. The summed E-state index contributed by atoms with van der Waals surface area (Å²) >= 11 is 0.801. The fraction of sp³-hybridized carbons (Fsp3) is 0.238. The lowest BCUT2D eigenvalue weighted by Crippen LogP contribution is -2.20. The predicted octanol–water partition coefficient (Wildman–Crippen LogP) is 4.33. The number of nitrogens with one attached hydrogen (secondary N) is 1. The summed E-state index contributed by atoms with van der Waals surface area (Å²) in [5, 5.41) is 4.15. The molecule has 0 spiro atoms. The van der Waals surface area contributed by atoms with E-state index >= 15 is 0 Å². The first kappa shape index (κ1) is 23.3. The largest absolute Gasteiger partial charge is 0.496 e. The van der Waals surface area contributed by atoms with E-state index < -0.39 is 18.7 Å². The van der Waals surface area contributed by atoms with E-state index in [0.717, 1.165) is 17.5 Å². The van der Waals surface area contributed by atoms with Gasteiger partial charge < -0.3 is 14.2 Å². The molecule has 1 heterocycles. The molecule has 32 heavy (non-hydrogen) atoms. The second kappa shape index (κ2) is 10.3. The SMILES string of the molecule is COc1cc(C(=O)NSc2c(OC)cccc2OCC(F)(F)F)ccc1Cn1cccn1. The van der Waals surface area contributed by atoms with Crippen LogP contribution >= 0.6 is 11.9 Å². The van der Waals surface area contributed by atoms with Crippen molar-refractivity contribution in [2.45, 2.75) is 17.6 Å². The number of nitrogens with zero attached hydrogens (tertiary/aromatic N) is 2. The quantitative estimate of drug-likeness (QED) is 0.473. The Balaban J connectivity index is 1.74. The van der Waals surface area contributed by atoms with Crippen molar-refractivity contribution in [1.82, 2.24) is 14.5 Å². The summed E-state index contributed by atoms with van der Waals surface area (Å²) in [6.07, 6.45) is -1.03. The third-order valence-corrected chi connectivity index (χ3v) is 5.13. The molecule has 1 N–H and O–H groups in total. The molecule has 0 radical (unpaired) electrons. The zero-order valence-electron chi connectivity index (χ0n) is 17.2. The van der Waals surface area contributed by atoms with Crippen LogP contribution in [0.1, 0.15) is 15.9 Å². The fourth-order valence-electron chi connectivity index (χ4n) is 2.77. The van der Waals surface area contributed by atoms with Crippen molar-refractivity contribution in [2.75, 3.05) is 20.8 Å². The number of hydrogen-bond acceptors (Lipinski definition) is 6. The lowest BCUT2D eigenvalue weighted by Gasteiger charge is -2.16. The third kappa shape index (κ3) is 6.10. The molecule has 0 saturated heterocycles. The molecular weight excluding hydrogens is 447 g/mol. The minimum absolute atomic E-state index is 0.0564. The van der Waals surface area contributed by atoms with Gasteiger partial charge in [-0.3, -0.25) is 14.2 Å². The van der Waals surface area contributed by atoms with Gasteiger partial charge in [0.05, 0.1) is 20.8 Å². The molecule has 3 aromatic rings. The van der Waals surface area contributed by atoms with Gasteiger partial charge in [-0.25, -0.2) is 0 Å². The zero-order chi connectivity index (χ0) is 23.1. The molecule has 1 amide bonds. The van der Waals surface area contributed by atoms with Gasteiger partial charge in [0.25, 0.3) is 5.91 Å². The van der Waals surface area contributed by atoms with Crippen molar-refractivity contribution in [1.29, 1.82) is 0 Å². The molecular formula is C21H20F3N3O4S. The van der Waals surface area contributed by atoms with E-state index in [1.165, 1.54) is 26.4 Å². The average Bonchev–Trinajstić information content (AvgIpc) is 3.28. The molecule has 170 valence electrons. The molecule has 7 nitrogen and oxygen atoms in total. The van der Waals surface area contributed by atoms with E-state index in [1.54, 1.807) is 41.2 Å². The van der Waals surface area contributed by atoms with Gasteiger partial charge >= 0.3 is 6.18 Å². The number of halogens is 3. The Hall–Kier alpha value is -3.34. The molecule has 0 fully saturated rings. The van der Waals surface area contributed by atoms with E-state index in [-0.39, 0.29) is 16.4 Å². The monoisotopic (exact) mass is 467 g/mol. The molecule has 1 aromatic heterocycles. The highest BCUT2D eigenvalue weighted by Crippen LogP contribution is 2.37. The Morgan fingerprint density at radius 1 is 1.09 bits per heavy atom. The summed E-state index contributed by atoms with van der Waals surface area (Å²) in [4.78, 5) is 12.9. The maximum Gasteiger partial charge on any atom is 0.422 e. The summed E-state index contributed by atoms with van der Waals surface area (Å²) in [5.41, 5.74) is 1.14. The number of aromatic nitrogens is 2. The van der Waals surface area contributed by atoms with Gasteiger partial charge in [-0.05, 0) is 42.3 Å². The van der Waals surface area contributed by atoms with Crippen LogP contribution in [0.4, 0.5) is 13.2 Å². The smallest absolute Gasteiger partial charge is 0.422 e. The van der Waals surface area contributed by atoms with Crippen LogP contribution in [0.5, 0.6) is 17.2 Å². The van der Waals surface area contributed by atoms with Crippen LogP contribution in [0.25, 0.3) is 0 Å². The predicted molar refractivity (Wildman–Crippen MR) is 112 cm³/mol. The molecule has 3 rings (SSSR count). The first-order valence-electron chi connectivity index (χ1n) is 9.29. The van der Waals surface area contributed by atoms with Gasteiger partial charge in [0, 0.05) is 23.5 Å². The molecule has 0 unspecified atom stereocenters. The maximum atomic E-state index is 12.7. The Morgan fingerprint density at radius 2 is 1.84 bits per heavy atom. The van der Waals surface area contributed by atoms with Gasteiger partial charge in [-0.15, -0.1) is 0 Å². The molecule has 0 aliphatic carbocycles. The summed E-state index contributed by atoms with van der Waals surface area (Å²) < 4.78 is 57.5. The van der Waals surface area contributed by atoms with Gasteiger partial charge in [0.2, 0.25) is 0 Å². The lowest BCUT2D eigenvalue weighted by atomic mass is 10.1. The Bertz CT molecular complexity index is 1060. The molecule has 11 heteroatoms. The molecule has 0 aliphatic heterocycles. The summed E-state index contributed by atoms with van der Waals surface area (Å²) in [6, 6.07) is 11.2. The van der Waals surface area contributed by atoms with Crippen LogP contribution in [0.2, 0.25) is 0 Å². The van der Waals surface area contributed by atoms with Crippen molar-refractivity contribution in [2.24, 2.45) is 0 Å². The number of alkyl halides is 3. The molecule has 0 bridgehead atoms. The number of carbonyl (C=O) groups excluding carboxylic acids is 1. The highest BCUT2D eigenvalue weighted by Gasteiger charge is 2.29. The zero-order valence-corrected chi connectivity index (χ0v) is 18.0. The van der Waals surface area contributed by atoms with Crippen LogP contribution < -0.4 is 18.9 Å². The van der Waals surface area contributed by atoms with Gasteiger partial charge in [0.15, 0.2) is 6.61 Å². The number of methoxy groups -OCH3 is 2. The molecule has 2 aromatic carbocycles. The minimum Gasteiger partial charge on any atom is -0.496 e. The first-order chi connectivity index (χ1) is 15.3. The van der Waals surface area contributed by atoms with E-state index in [2.05, 4.69) is 9.82 Å². The van der Waals surface area contributed by atoms with E-state index in [4.69, 9.17) is 14.2 Å². The number of carbonyl (C=O) groups is 1. The normalized spacial score (nSPS) is 11.2. The van der Waals surface area contributed by atoms with Crippen LogP contribution in [-0.2, 0) is 6.54 Å². The highest BCUT2D eigenvalue weighted by atomic mass is 32.2. The van der Waals surface area contributed by atoms with E-state index in [0.29, 0.717) is 17.9 Å². The number of benzene rings is 2. The number of amides is 1. The Labute approximate surface area is 186 Å². The Morgan fingerprint density at radius 3 is 2.50 bits per heavy atom. The highest BCUT2D eigenvalue weighted by molar-refractivity contribution is 7.98. The van der Waals surface area contributed by atoms with Crippen LogP contribution in [0, 0.1) is 0 Å². The van der Waals surface area contributed by atoms with E-state index in [1.807, 2.05) is 6.20 Å². The Kier molecular flexibility index (Phi) is 7.52.